The van der Waals surface area contributed by atoms with Gasteiger partial charge in [0.15, 0.2) is 0 Å². The topological polar surface area (TPSA) is 58.4 Å². The third-order valence-electron chi connectivity index (χ3n) is 5.08. The van der Waals surface area contributed by atoms with Crippen molar-refractivity contribution in [3.8, 4) is 0 Å². The summed E-state index contributed by atoms with van der Waals surface area (Å²) in [6.07, 6.45) is 1.97. The molecule has 6 heteroatoms. The number of carbonyl (C=O) groups is 1. The smallest absolute Gasteiger partial charge is 0.251 e. The van der Waals surface area contributed by atoms with E-state index in [1.54, 1.807) is 6.07 Å². The van der Waals surface area contributed by atoms with Crippen LogP contribution in [-0.4, -0.2) is 29.9 Å². The molecule has 3 N–H and O–H groups in total. The summed E-state index contributed by atoms with van der Waals surface area (Å²) in [5.74, 6) is -0.0119. The van der Waals surface area contributed by atoms with E-state index in [0.29, 0.717) is 11.3 Å². The summed E-state index contributed by atoms with van der Waals surface area (Å²) in [6.45, 7) is 7.11. The van der Waals surface area contributed by atoms with Crippen molar-refractivity contribution in [1.82, 2.24) is 10.2 Å². The van der Waals surface area contributed by atoms with Gasteiger partial charge in [-0.3, -0.25) is 9.69 Å². The van der Waals surface area contributed by atoms with Gasteiger partial charge in [0.25, 0.3) is 5.91 Å². The minimum absolute atomic E-state index is 0. The number of likely N-dealkylation sites (tertiary alicyclic amines) is 1. The van der Waals surface area contributed by atoms with Gasteiger partial charge in [-0.25, -0.2) is 0 Å². The molecule has 1 aliphatic heterocycles. The molecule has 0 bridgehead atoms. The van der Waals surface area contributed by atoms with E-state index in [-0.39, 0.29) is 36.8 Å². The highest BCUT2D eigenvalue weighted by Gasteiger charge is 2.22. The largest absolute Gasteiger partial charge is 0.399 e. The van der Waals surface area contributed by atoms with Crippen LogP contribution in [0.2, 0.25) is 0 Å². The fourth-order valence-corrected chi connectivity index (χ4v) is 3.41. The van der Waals surface area contributed by atoms with Gasteiger partial charge in [-0.2, -0.15) is 0 Å². The summed E-state index contributed by atoms with van der Waals surface area (Å²) in [4.78, 5) is 15.0. The number of anilines is 1. The Balaban J connectivity index is 0.00000182. The first kappa shape index (κ1) is 23.3. The van der Waals surface area contributed by atoms with E-state index in [1.165, 1.54) is 11.1 Å². The Morgan fingerprint density at radius 2 is 1.74 bits per heavy atom. The third-order valence-corrected chi connectivity index (χ3v) is 5.08. The molecule has 0 spiro atoms. The Hall–Kier alpha value is -1.75. The molecule has 4 nitrogen and oxygen atoms in total. The number of carbonyl (C=O) groups excluding carboxylic acids is 1. The van der Waals surface area contributed by atoms with E-state index in [0.717, 1.165) is 38.0 Å². The molecule has 0 radical (unpaired) electrons. The molecule has 1 aliphatic rings. The number of hydrogen-bond acceptors (Lipinski definition) is 3. The molecular formula is C21H29Cl2N3O. The Bertz CT molecular complexity index is 759. The Labute approximate surface area is 174 Å². The lowest BCUT2D eigenvalue weighted by Gasteiger charge is -2.32. The van der Waals surface area contributed by atoms with Gasteiger partial charge in [0.1, 0.15) is 0 Å². The maximum Gasteiger partial charge on any atom is 0.251 e. The SMILES string of the molecule is Cc1ccccc1CN1CCC(NC(=O)c2cc(N)ccc2C)CC1.Cl.Cl. The fourth-order valence-electron chi connectivity index (χ4n) is 3.41. The fraction of sp³-hybridized carbons (Fsp3) is 0.381. The van der Waals surface area contributed by atoms with Crippen molar-refractivity contribution >= 4 is 36.4 Å². The number of nitrogens with zero attached hydrogens (tertiary/aromatic N) is 1. The minimum atomic E-state index is -0.0119. The zero-order valence-electron chi connectivity index (χ0n) is 15.9. The van der Waals surface area contributed by atoms with Gasteiger partial charge in [-0.1, -0.05) is 30.3 Å². The number of benzene rings is 2. The van der Waals surface area contributed by atoms with Crippen molar-refractivity contribution in [2.45, 2.75) is 39.3 Å². The van der Waals surface area contributed by atoms with E-state index < -0.39 is 0 Å². The predicted octanol–water partition coefficient (Wildman–Crippen LogP) is 4.12. The van der Waals surface area contributed by atoms with Crippen molar-refractivity contribution in [3.05, 3.63) is 64.7 Å². The average molecular weight is 410 g/mol. The molecule has 3 rings (SSSR count). The molecule has 1 heterocycles. The van der Waals surface area contributed by atoms with Gasteiger partial charge < -0.3 is 11.1 Å². The molecule has 2 aromatic rings. The van der Waals surface area contributed by atoms with Gasteiger partial charge in [0.05, 0.1) is 0 Å². The van der Waals surface area contributed by atoms with Crippen LogP contribution >= 0.6 is 24.8 Å². The van der Waals surface area contributed by atoms with E-state index in [2.05, 4.69) is 41.4 Å². The summed E-state index contributed by atoms with van der Waals surface area (Å²) in [5.41, 5.74) is 10.8. The van der Waals surface area contributed by atoms with Crippen molar-refractivity contribution in [1.29, 1.82) is 0 Å². The molecule has 2 aromatic carbocycles. The van der Waals surface area contributed by atoms with Crippen LogP contribution in [0.4, 0.5) is 5.69 Å². The molecule has 0 atom stereocenters. The molecule has 27 heavy (non-hydrogen) atoms. The van der Waals surface area contributed by atoms with E-state index >= 15 is 0 Å². The normalized spacial score (nSPS) is 14.7. The number of nitrogen functional groups attached to an aromatic ring is 1. The lowest BCUT2D eigenvalue weighted by Crippen LogP contribution is -2.44. The number of aryl methyl sites for hydroxylation is 2. The molecule has 1 amide bonds. The zero-order chi connectivity index (χ0) is 17.8. The van der Waals surface area contributed by atoms with Crippen LogP contribution in [0, 0.1) is 13.8 Å². The first-order valence-corrected chi connectivity index (χ1v) is 8.97. The summed E-state index contributed by atoms with van der Waals surface area (Å²) in [7, 11) is 0. The lowest BCUT2D eigenvalue weighted by atomic mass is 10.0. The number of amides is 1. The van der Waals surface area contributed by atoms with Crippen molar-refractivity contribution in [2.24, 2.45) is 0 Å². The van der Waals surface area contributed by atoms with Crippen LogP contribution < -0.4 is 11.1 Å². The molecule has 0 aromatic heterocycles. The second-order valence-electron chi connectivity index (χ2n) is 7.02. The van der Waals surface area contributed by atoms with Crippen LogP contribution in [-0.2, 0) is 6.54 Å². The van der Waals surface area contributed by atoms with Gasteiger partial charge in [0, 0.05) is 36.9 Å². The van der Waals surface area contributed by atoms with E-state index in [9.17, 15) is 4.79 Å². The van der Waals surface area contributed by atoms with Crippen LogP contribution in [0.1, 0.15) is 39.9 Å². The maximum atomic E-state index is 12.5. The van der Waals surface area contributed by atoms with Gasteiger partial charge in [-0.05, 0) is 55.5 Å². The second-order valence-corrected chi connectivity index (χ2v) is 7.02. The first-order chi connectivity index (χ1) is 12.0. The first-order valence-electron chi connectivity index (χ1n) is 8.97. The summed E-state index contributed by atoms with van der Waals surface area (Å²) >= 11 is 0. The number of nitrogens with two attached hydrogens (primary N) is 1. The van der Waals surface area contributed by atoms with Crippen LogP contribution in [0.5, 0.6) is 0 Å². The predicted molar refractivity (Wildman–Crippen MR) is 117 cm³/mol. The summed E-state index contributed by atoms with van der Waals surface area (Å²) in [5, 5.41) is 3.18. The van der Waals surface area contributed by atoms with Gasteiger partial charge in [-0.15, -0.1) is 24.8 Å². The monoisotopic (exact) mass is 409 g/mol. The third kappa shape index (κ3) is 6.13. The number of hydrogen-bond donors (Lipinski definition) is 2. The van der Waals surface area contributed by atoms with Gasteiger partial charge >= 0.3 is 0 Å². The molecule has 0 unspecified atom stereocenters. The second kappa shape index (κ2) is 10.5. The highest BCUT2D eigenvalue weighted by atomic mass is 35.5. The highest BCUT2D eigenvalue weighted by Crippen LogP contribution is 2.18. The number of nitrogens with one attached hydrogen (secondary N) is 1. The van der Waals surface area contributed by atoms with Crippen molar-refractivity contribution in [2.75, 3.05) is 18.8 Å². The van der Waals surface area contributed by atoms with E-state index in [4.69, 9.17) is 5.73 Å². The number of halogens is 2. The van der Waals surface area contributed by atoms with Crippen LogP contribution in [0.25, 0.3) is 0 Å². The number of rotatable bonds is 4. The zero-order valence-corrected chi connectivity index (χ0v) is 17.5. The molecule has 1 fully saturated rings. The molecule has 0 saturated carbocycles. The van der Waals surface area contributed by atoms with E-state index in [1.807, 2.05) is 19.1 Å². The Morgan fingerprint density at radius 3 is 2.41 bits per heavy atom. The minimum Gasteiger partial charge on any atom is -0.399 e. The van der Waals surface area contributed by atoms with Crippen molar-refractivity contribution in [3.63, 3.8) is 0 Å². The Kier molecular flexibility index (Phi) is 9.10. The standard InChI is InChI=1S/C21H27N3O.2ClH/c1-15-5-3-4-6-17(15)14-24-11-9-19(10-12-24)23-21(25)20-13-18(22)8-7-16(20)2;;/h3-8,13,19H,9-12,14,22H2,1-2H3,(H,23,25);2*1H. The number of piperidine rings is 1. The highest BCUT2D eigenvalue weighted by molar-refractivity contribution is 5.96. The summed E-state index contributed by atoms with van der Waals surface area (Å²) in [6, 6.07) is 14.3. The quantitative estimate of drug-likeness (QED) is 0.746. The lowest BCUT2D eigenvalue weighted by molar-refractivity contribution is 0.0908. The van der Waals surface area contributed by atoms with Gasteiger partial charge in [0.2, 0.25) is 0 Å². The molecule has 0 aliphatic carbocycles. The molecule has 148 valence electrons. The van der Waals surface area contributed by atoms with Crippen LogP contribution in [0.15, 0.2) is 42.5 Å². The maximum absolute atomic E-state index is 12.5. The Morgan fingerprint density at radius 1 is 1.07 bits per heavy atom. The average Bonchev–Trinajstić information content (AvgIpc) is 2.60. The molecule has 1 saturated heterocycles. The molecular weight excluding hydrogens is 381 g/mol. The summed E-state index contributed by atoms with van der Waals surface area (Å²) < 4.78 is 0. The van der Waals surface area contributed by atoms with Crippen LogP contribution in [0.3, 0.4) is 0 Å². The van der Waals surface area contributed by atoms with Crippen molar-refractivity contribution < 1.29 is 4.79 Å².